The van der Waals surface area contributed by atoms with Crippen LogP contribution in [-0.2, 0) is 6.54 Å². The van der Waals surface area contributed by atoms with E-state index in [9.17, 15) is 4.79 Å². The van der Waals surface area contributed by atoms with Gasteiger partial charge in [0.05, 0.1) is 11.6 Å². The molecule has 2 N–H and O–H groups in total. The second-order valence-electron chi connectivity index (χ2n) is 4.31. The highest BCUT2D eigenvalue weighted by Gasteiger charge is 2.17. The number of amides is 1. The molecule has 0 saturated heterocycles. The van der Waals surface area contributed by atoms with E-state index in [2.05, 4.69) is 31.4 Å². The van der Waals surface area contributed by atoms with Crippen molar-refractivity contribution in [3.05, 3.63) is 44.9 Å². The van der Waals surface area contributed by atoms with Crippen molar-refractivity contribution in [1.82, 2.24) is 20.1 Å². The Morgan fingerprint density at radius 2 is 2.25 bits per heavy atom. The molecule has 0 fully saturated rings. The van der Waals surface area contributed by atoms with Gasteiger partial charge >= 0.3 is 0 Å². The van der Waals surface area contributed by atoms with E-state index in [1.807, 2.05) is 36.6 Å². The van der Waals surface area contributed by atoms with Crippen LogP contribution in [0.25, 0.3) is 0 Å². The van der Waals surface area contributed by atoms with Crippen molar-refractivity contribution in [3.63, 3.8) is 0 Å². The maximum absolute atomic E-state index is 12.2. The van der Waals surface area contributed by atoms with Crippen LogP contribution >= 0.6 is 28.1 Å². The van der Waals surface area contributed by atoms with Crippen LogP contribution in [0.3, 0.4) is 0 Å². The van der Waals surface area contributed by atoms with Gasteiger partial charge in [-0.15, -0.1) is 0 Å². The van der Waals surface area contributed by atoms with E-state index in [0.29, 0.717) is 16.9 Å². The van der Waals surface area contributed by atoms with Gasteiger partial charge in [-0.1, -0.05) is 12.1 Å². The predicted molar refractivity (Wildman–Crippen MR) is 83.1 cm³/mol. The van der Waals surface area contributed by atoms with E-state index in [0.717, 1.165) is 10.3 Å². The number of carbonyl (C=O) groups excluding carboxylic acids is 1. The van der Waals surface area contributed by atoms with Gasteiger partial charge in [-0.05, 0) is 54.1 Å². The Hall–Kier alpha value is -1.47. The van der Waals surface area contributed by atoms with E-state index >= 15 is 0 Å². The summed E-state index contributed by atoms with van der Waals surface area (Å²) in [5, 5.41) is 9.85. The van der Waals surface area contributed by atoms with E-state index < -0.39 is 0 Å². The Morgan fingerprint density at radius 1 is 1.55 bits per heavy atom. The Balaban J connectivity index is 2.20. The molecule has 7 heteroatoms. The largest absolute Gasteiger partial charge is 0.342 e. The van der Waals surface area contributed by atoms with Crippen LogP contribution in [0.1, 0.15) is 36.1 Å². The van der Waals surface area contributed by atoms with Crippen molar-refractivity contribution < 1.29 is 4.79 Å². The van der Waals surface area contributed by atoms with Crippen LogP contribution in [0, 0.1) is 4.77 Å². The molecule has 1 heterocycles. The highest BCUT2D eigenvalue weighted by Crippen LogP contribution is 2.17. The lowest BCUT2D eigenvalue weighted by atomic mass is 10.2. The van der Waals surface area contributed by atoms with Crippen LogP contribution in [0.2, 0.25) is 0 Å². The van der Waals surface area contributed by atoms with Gasteiger partial charge < -0.3 is 9.88 Å². The minimum atomic E-state index is -0.234. The number of nitrogens with zero attached hydrogens (tertiary/aromatic N) is 2. The molecule has 1 aromatic heterocycles. The first kappa shape index (κ1) is 14.9. The highest BCUT2D eigenvalue weighted by molar-refractivity contribution is 9.10. The third-order valence-corrected chi connectivity index (χ3v) is 3.96. The summed E-state index contributed by atoms with van der Waals surface area (Å²) in [5.74, 6) is 0.569. The van der Waals surface area contributed by atoms with Gasteiger partial charge in [0, 0.05) is 11.0 Å². The Labute approximate surface area is 130 Å². The number of aromatic amines is 1. The van der Waals surface area contributed by atoms with Crippen LogP contribution in [0.4, 0.5) is 0 Å². The molecule has 20 heavy (non-hydrogen) atoms. The first-order valence-corrected chi connectivity index (χ1v) is 7.45. The molecule has 0 saturated carbocycles. The third-order valence-electron chi connectivity index (χ3n) is 2.96. The number of aromatic nitrogens is 3. The fraction of sp³-hybridized carbons (Fsp3) is 0.308. The summed E-state index contributed by atoms with van der Waals surface area (Å²) in [7, 11) is 0. The summed E-state index contributed by atoms with van der Waals surface area (Å²) < 4.78 is 3.18. The monoisotopic (exact) mass is 354 g/mol. The second-order valence-corrected chi connectivity index (χ2v) is 5.55. The summed E-state index contributed by atoms with van der Waals surface area (Å²) in [5.41, 5.74) is 0.594. The van der Waals surface area contributed by atoms with E-state index in [1.165, 1.54) is 0 Å². The summed E-state index contributed by atoms with van der Waals surface area (Å²) >= 11 is 8.51. The molecular weight excluding hydrogens is 340 g/mol. The van der Waals surface area contributed by atoms with Gasteiger partial charge in [0.25, 0.3) is 5.91 Å². The van der Waals surface area contributed by atoms with Gasteiger partial charge in [0.1, 0.15) is 0 Å². The first-order valence-electron chi connectivity index (χ1n) is 6.25. The van der Waals surface area contributed by atoms with E-state index in [-0.39, 0.29) is 11.9 Å². The fourth-order valence-corrected chi connectivity index (χ4v) is 2.68. The van der Waals surface area contributed by atoms with Crippen molar-refractivity contribution >= 4 is 34.1 Å². The van der Waals surface area contributed by atoms with Crippen molar-refractivity contribution in [2.45, 2.75) is 26.4 Å². The number of benzene rings is 1. The molecule has 0 bridgehead atoms. The molecule has 5 nitrogen and oxygen atoms in total. The average Bonchev–Trinajstić information content (AvgIpc) is 2.80. The molecule has 106 valence electrons. The summed E-state index contributed by atoms with van der Waals surface area (Å²) in [4.78, 5) is 12.2. The molecule has 1 aromatic carbocycles. The molecule has 0 radical (unpaired) electrons. The van der Waals surface area contributed by atoms with Crippen LogP contribution in [0.5, 0.6) is 0 Å². The lowest BCUT2D eigenvalue weighted by Crippen LogP contribution is -2.29. The Kier molecular flexibility index (Phi) is 4.72. The van der Waals surface area contributed by atoms with Crippen molar-refractivity contribution in [1.29, 1.82) is 0 Å². The number of rotatable bonds is 4. The summed E-state index contributed by atoms with van der Waals surface area (Å²) in [6, 6.07) is 7.06. The summed E-state index contributed by atoms with van der Waals surface area (Å²) in [6.45, 7) is 4.57. The molecule has 2 aromatic rings. The molecule has 0 aliphatic carbocycles. The minimum Gasteiger partial charge on any atom is -0.342 e. The molecule has 0 aliphatic rings. The molecule has 1 atom stereocenters. The number of hydrogen-bond donors (Lipinski definition) is 2. The SMILES string of the molecule is CCn1c([C@H](C)NC(=O)c2ccccc2Br)n[nH]c1=S. The fourth-order valence-electron chi connectivity index (χ4n) is 1.95. The average molecular weight is 355 g/mol. The number of hydrogen-bond acceptors (Lipinski definition) is 3. The zero-order valence-corrected chi connectivity index (χ0v) is 13.6. The maximum atomic E-state index is 12.2. The minimum absolute atomic E-state index is 0.151. The smallest absolute Gasteiger partial charge is 0.253 e. The Morgan fingerprint density at radius 3 is 2.90 bits per heavy atom. The normalized spacial score (nSPS) is 12.2. The predicted octanol–water partition coefficient (Wildman–Crippen LogP) is 3.21. The summed E-state index contributed by atoms with van der Waals surface area (Å²) in [6.07, 6.45) is 0. The second kappa shape index (κ2) is 6.32. The van der Waals surface area contributed by atoms with Gasteiger partial charge in [-0.2, -0.15) is 5.10 Å². The van der Waals surface area contributed by atoms with E-state index in [4.69, 9.17) is 12.2 Å². The van der Waals surface area contributed by atoms with Crippen LogP contribution in [0.15, 0.2) is 28.7 Å². The zero-order valence-electron chi connectivity index (χ0n) is 11.2. The van der Waals surface area contributed by atoms with Gasteiger partial charge in [-0.25, -0.2) is 0 Å². The number of carbonyl (C=O) groups is 1. The lowest BCUT2D eigenvalue weighted by Gasteiger charge is -2.14. The zero-order chi connectivity index (χ0) is 14.7. The number of halogens is 1. The quantitative estimate of drug-likeness (QED) is 0.828. The maximum Gasteiger partial charge on any atom is 0.253 e. The Bertz CT molecular complexity index is 679. The van der Waals surface area contributed by atoms with Gasteiger partial charge in [0.15, 0.2) is 10.6 Å². The molecule has 1 amide bonds. The van der Waals surface area contributed by atoms with E-state index in [1.54, 1.807) is 6.07 Å². The van der Waals surface area contributed by atoms with Crippen molar-refractivity contribution in [2.24, 2.45) is 0 Å². The topological polar surface area (TPSA) is 62.7 Å². The van der Waals surface area contributed by atoms with Gasteiger partial charge in [-0.3, -0.25) is 9.89 Å². The number of H-pyrrole nitrogens is 1. The first-order chi connectivity index (χ1) is 9.54. The molecule has 0 unspecified atom stereocenters. The molecular formula is C13H15BrN4OS. The third kappa shape index (κ3) is 2.99. The van der Waals surface area contributed by atoms with Crippen molar-refractivity contribution in [3.8, 4) is 0 Å². The highest BCUT2D eigenvalue weighted by atomic mass is 79.9. The lowest BCUT2D eigenvalue weighted by molar-refractivity contribution is 0.0937. The molecule has 2 rings (SSSR count). The molecule has 0 aliphatic heterocycles. The number of nitrogens with one attached hydrogen (secondary N) is 2. The van der Waals surface area contributed by atoms with Crippen molar-refractivity contribution in [2.75, 3.05) is 0 Å². The molecule has 0 spiro atoms. The van der Waals surface area contributed by atoms with Crippen LogP contribution < -0.4 is 5.32 Å². The van der Waals surface area contributed by atoms with Crippen LogP contribution in [-0.4, -0.2) is 20.7 Å². The standard InChI is InChI=1S/C13H15BrN4OS/c1-3-18-11(16-17-13(18)20)8(2)15-12(19)9-6-4-5-7-10(9)14/h4-8H,3H2,1-2H3,(H,15,19)(H,17,20)/t8-/m0/s1. The van der Waals surface area contributed by atoms with Gasteiger partial charge in [0.2, 0.25) is 0 Å².